The molecular weight excluding hydrogens is 680 g/mol. The summed E-state index contributed by atoms with van der Waals surface area (Å²) >= 11 is 0. The Labute approximate surface area is 299 Å². The van der Waals surface area contributed by atoms with Crippen molar-refractivity contribution in [1.82, 2.24) is 26.2 Å². The molecule has 1 unspecified atom stereocenters. The molecule has 1 saturated heterocycles. The van der Waals surface area contributed by atoms with Crippen LogP contribution in [0.2, 0.25) is 0 Å². The number of fused-ring (bicyclic) bond motifs is 15. The third kappa shape index (κ3) is 9.20. The zero-order chi connectivity index (χ0) is 37.4. The van der Waals surface area contributed by atoms with Crippen molar-refractivity contribution in [2.45, 2.75) is 62.9 Å². The minimum absolute atomic E-state index is 0.0666. The van der Waals surface area contributed by atoms with Gasteiger partial charge in [0.05, 0.1) is 18.2 Å². The molecular formula is C37H41F2N5O8. The van der Waals surface area contributed by atoms with E-state index in [1.807, 2.05) is 18.2 Å². The largest absolute Gasteiger partial charge is 0.492 e. The minimum Gasteiger partial charge on any atom is -0.492 e. The second kappa shape index (κ2) is 16.6. The Morgan fingerprint density at radius 2 is 1.58 bits per heavy atom. The Bertz CT molecular complexity index is 1770. The van der Waals surface area contributed by atoms with E-state index >= 15 is 0 Å². The number of benzene rings is 3. The lowest BCUT2D eigenvalue weighted by atomic mass is 9.88. The number of hydrogen-bond acceptors (Lipinski definition) is 8. The molecule has 13 nitrogen and oxygen atoms in total. The van der Waals surface area contributed by atoms with Gasteiger partial charge in [-0.1, -0.05) is 30.3 Å². The average molecular weight is 722 g/mol. The van der Waals surface area contributed by atoms with E-state index in [1.165, 1.54) is 18.7 Å². The number of carbonyl (C=O) groups is 5. The maximum absolute atomic E-state index is 14.4. The number of amides is 5. The number of carbonyl (C=O) groups excluding carboxylic acids is 5. The maximum atomic E-state index is 14.4. The quantitative estimate of drug-likeness (QED) is 0.253. The fourth-order valence-corrected chi connectivity index (χ4v) is 5.98. The van der Waals surface area contributed by atoms with Crippen molar-refractivity contribution < 1.29 is 47.3 Å². The number of nitrogens with zero attached hydrogens (tertiary/aromatic N) is 1. The molecule has 3 heterocycles. The molecule has 6 rings (SSSR count). The predicted molar refractivity (Wildman–Crippen MR) is 183 cm³/mol. The topological polar surface area (TPSA) is 175 Å². The lowest BCUT2D eigenvalue weighted by molar-refractivity contribution is -0.145. The molecule has 1 spiro atoms. The van der Waals surface area contributed by atoms with Crippen LogP contribution < -0.4 is 30.7 Å². The van der Waals surface area contributed by atoms with E-state index in [2.05, 4.69) is 21.3 Å². The monoisotopic (exact) mass is 721 g/mol. The van der Waals surface area contributed by atoms with Gasteiger partial charge < -0.3 is 40.7 Å². The molecule has 0 radical (unpaired) electrons. The highest BCUT2D eigenvalue weighted by Crippen LogP contribution is 2.32. The summed E-state index contributed by atoms with van der Waals surface area (Å²) in [6.07, 6.45) is -1.45. The summed E-state index contributed by atoms with van der Waals surface area (Å²) in [5.74, 6) is -4.66. The van der Waals surface area contributed by atoms with E-state index in [4.69, 9.17) is 9.47 Å². The first-order valence-electron chi connectivity index (χ1n) is 16.9. The van der Waals surface area contributed by atoms with Crippen molar-refractivity contribution in [1.29, 1.82) is 0 Å². The van der Waals surface area contributed by atoms with Gasteiger partial charge in [-0.3, -0.25) is 24.0 Å². The first-order valence-corrected chi connectivity index (χ1v) is 16.9. The van der Waals surface area contributed by atoms with Crippen LogP contribution in [-0.2, 0) is 25.6 Å². The highest BCUT2D eigenvalue weighted by Gasteiger charge is 2.47. The van der Waals surface area contributed by atoms with Gasteiger partial charge in [0.1, 0.15) is 47.9 Å². The Hall–Kier alpha value is -5.57. The third-order valence-corrected chi connectivity index (χ3v) is 8.96. The van der Waals surface area contributed by atoms with Crippen LogP contribution in [0.25, 0.3) is 0 Å². The molecule has 52 heavy (non-hydrogen) atoms. The maximum Gasteiger partial charge on any atom is 0.265 e. The molecule has 0 aromatic heterocycles. The molecule has 15 heteroatoms. The van der Waals surface area contributed by atoms with Crippen molar-refractivity contribution >= 4 is 29.5 Å². The van der Waals surface area contributed by atoms with E-state index in [1.54, 1.807) is 36.4 Å². The van der Waals surface area contributed by atoms with E-state index < -0.39 is 71.0 Å². The molecule has 4 atom stereocenters. The highest BCUT2D eigenvalue weighted by molar-refractivity contribution is 5.97. The summed E-state index contributed by atoms with van der Waals surface area (Å²) in [6.45, 7) is 2.76. The number of halogens is 2. The van der Waals surface area contributed by atoms with Crippen LogP contribution in [0.4, 0.5) is 8.78 Å². The Balaban J connectivity index is 1.39. The van der Waals surface area contributed by atoms with E-state index in [0.717, 1.165) is 17.7 Å². The molecule has 1 fully saturated rings. The second-order valence-corrected chi connectivity index (χ2v) is 12.8. The smallest absolute Gasteiger partial charge is 0.265 e. The number of aliphatic hydroxyl groups is 1. The highest BCUT2D eigenvalue weighted by atomic mass is 19.1. The first kappa shape index (κ1) is 37.7. The second-order valence-electron chi connectivity index (χ2n) is 12.8. The summed E-state index contributed by atoms with van der Waals surface area (Å²) in [5.41, 5.74) is -1.20. The van der Waals surface area contributed by atoms with Crippen LogP contribution in [0.3, 0.4) is 0 Å². The van der Waals surface area contributed by atoms with Crippen molar-refractivity contribution in [3.8, 4) is 11.5 Å². The molecule has 2 bridgehead atoms. The van der Waals surface area contributed by atoms with Crippen LogP contribution in [0, 0.1) is 11.6 Å². The summed E-state index contributed by atoms with van der Waals surface area (Å²) < 4.78 is 40.0. The fraction of sp³-hybridized carbons (Fsp3) is 0.378. The molecule has 3 aromatic carbocycles. The molecule has 0 aliphatic carbocycles. The van der Waals surface area contributed by atoms with Crippen LogP contribution in [-0.4, -0.2) is 95.6 Å². The third-order valence-electron chi connectivity index (χ3n) is 8.96. The van der Waals surface area contributed by atoms with Crippen molar-refractivity contribution in [2.24, 2.45) is 0 Å². The van der Waals surface area contributed by atoms with Crippen molar-refractivity contribution in [3.05, 3.63) is 95.6 Å². The SMILES string of the molecule is C[C@@H]1NC(=O)C([C@@H](C)O)NC(=O)C2(CCN(C(=O)c3ccc(F)cc3F)CC2)Oc2ccc(cc2)OCCNC(=O)[C@H](Cc2ccccc2)NC1=O. The van der Waals surface area contributed by atoms with E-state index in [9.17, 15) is 37.9 Å². The number of rotatable bonds is 4. The van der Waals surface area contributed by atoms with Gasteiger partial charge in [0, 0.05) is 38.4 Å². The molecule has 5 amide bonds. The van der Waals surface area contributed by atoms with Gasteiger partial charge in [-0.25, -0.2) is 8.78 Å². The van der Waals surface area contributed by atoms with Gasteiger partial charge in [0.2, 0.25) is 17.7 Å². The molecule has 5 N–H and O–H groups in total. The molecule has 3 aliphatic rings. The van der Waals surface area contributed by atoms with Gasteiger partial charge in [-0.15, -0.1) is 0 Å². The van der Waals surface area contributed by atoms with Crippen molar-refractivity contribution in [2.75, 3.05) is 26.2 Å². The van der Waals surface area contributed by atoms with Crippen LogP contribution in [0.15, 0.2) is 72.8 Å². The van der Waals surface area contributed by atoms with Gasteiger partial charge >= 0.3 is 0 Å². The number of likely N-dealkylation sites (tertiary alicyclic amines) is 1. The van der Waals surface area contributed by atoms with Crippen molar-refractivity contribution in [3.63, 3.8) is 0 Å². The Morgan fingerprint density at radius 3 is 2.23 bits per heavy atom. The number of nitrogens with one attached hydrogen (secondary N) is 4. The summed E-state index contributed by atoms with van der Waals surface area (Å²) in [6, 6.07) is 14.3. The van der Waals surface area contributed by atoms with Crippen LogP contribution in [0.5, 0.6) is 11.5 Å². The summed E-state index contributed by atoms with van der Waals surface area (Å²) in [5, 5.41) is 21.1. The number of ether oxygens (including phenoxy) is 2. The van der Waals surface area contributed by atoms with Crippen LogP contribution in [0.1, 0.15) is 42.6 Å². The standard InChI is InChI=1S/C37H41F2N5O8/c1-22-32(46)42-30(20-24-6-4-3-5-7-24)33(47)40-16-19-51-26-9-11-27(12-10-26)52-37(36(50)43-31(23(2)45)34(48)41-22)14-17-44(18-15-37)35(49)28-13-8-25(38)21-29(28)39/h3-13,21-23,30-31,45H,14-20H2,1-2H3,(H,40,47)(H,41,48)(H,42,46)(H,43,50)/t22-,23+,30-,31?/m0/s1. The zero-order valence-electron chi connectivity index (χ0n) is 28.7. The van der Waals surface area contributed by atoms with Gasteiger partial charge in [-0.05, 0) is 55.8 Å². The van der Waals surface area contributed by atoms with Gasteiger partial charge in [-0.2, -0.15) is 0 Å². The summed E-state index contributed by atoms with van der Waals surface area (Å²) in [4.78, 5) is 68.5. The lowest BCUT2D eigenvalue weighted by Crippen LogP contribution is -2.63. The fourth-order valence-electron chi connectivity index (χ4n) is 5.98. The summed E-state index contributed by atoms with van der Waals surface area (Å²) in [7, 11) is 0. The molecule has 3 aromatic rings. The van der Waals surface area contributed by atoms with Gasteiger partial charge in [0.15, 0.2) is 5.60 Å². The van der Waals surface area contributed by atoms with E-state index in [0.29, 0.717) is 11.8 Å². The normalized spacial score (nSPS) is 22.2. The first-order chi connectivity index (χ1) is 24.8. The lowest BCUT2D eigenvalue weighted by Gasteiger charge is -2.41. The molecule has 0 saturated carbocycles. The van der Waals surface area contributed by atoms with Gasteiger partial charge in [0.25, 0.3) is 11.8 Å². The van der Waals surface area contributed by atoms with Crippen LogP contribution >= 0.6 is 0 Å². The molecule has 276 valence electrons. The zero-order valence-corrected chi connectivity index (χ0v) is 28.7. The Kier molecular flexibility index (Phi) is 12.1. The number of aliphatic hydroxyl groups excluding tert-OH is 1. The Morgan fingerprint density at radius 1 is 0.904 bits per heavy atom. The number of piperidine rings is 1. The minimum atomic E-state index is -1.66. The number of hydrogen-bond donors (Lipinski definition) is 5. The average Bonchev–Trinajstić information content (AvgIpc) is 3.12. The predicted octanol–water partition coefficient (Wildman–Crippen LogP) is 1.63. The molecule has 3 aliphatic heterocycles. The van der Waals surface area contributed by atoms with E-state index in [-0.39, 0.29) is 56.8 Å².